The van der Waals surface area contributed by atoms with E-state index in [0.717, 1.165) is 57.8 Å². The fraction of sp³-hybridized carbons (Fsp3) is 0.920. The Kier molecular flexibility index (Phi) is 16.3. The second-order valence-electron chi connectivity index (χ2n) is 9.86. The zero-order valence-corrected chi connectivity index (χ0v) is 21.3. The molecule has 0 saturated carbocycles. The first-order valence-corrected chi connectivity index (χ1v) is 13.1. The van der Waals surface area contributed by atoms with Gasteiger partial charge in [0.15, 0.2) is 6.29 Å². The molecule has 0 aromatic carbocycles. The van der Waals surface area contributed by atoms with E-state index in [4.69, 9.17) is 14.6 Å². The lowest BCUT2D eigenvalue weighted by atomic mass is 9.97. The first-order valence-electron chi connectivity index (χ1n) is 13.1. The highest BCUT2D eigenvalue weighted by molar-refractivity contribution is 5.80. The number of carboxylic acids is 1. The minimum Gasteiger partial charge on any atom is -0.480 e. The Hall–Kier alpha value is -1.30. The molecule has 0 aromatic rings. The maximum absolute atomic E-state index is 11.4. The van der Waals surface area contributed by atoms with E-state index in [1.54, 1.807) is 0 Å². The molecule has 6 N–H and O–H groups in total. The molecule has 1 fully saturated rings. The van der Waals surface area contributed by atoms with Crippen LogP contribution in [0.4, 0.5) is 0 Å². The first kappa shape index (κ1) is 31.7. The van der Waals surface area contributed by atoms with Gasteiger partial charge in [0.25, 0.3) is 0 Å². The van der Waals surface area contributed by atoms with Crippen molar-refractivity contribution < 1.29 is 44.6 Å². The Morgan fingerprint density at radius 3 is 1.91 bits per heavy atom. The predicted molar refractivity (Wildman–Crippen MR) is 130 cm³/mol. The van der Waals surface area contributed by atoms with Crippen molar-refractivity contribution >= 4 is 11.9 Å². The van der Waals surface area contributed by atoms with Crippen LogP contribution in [0.1, 0.15) is 90.9 Å². The lowest BCUT2D eigenvalue weighted by molar-refractivity contribution is -0.314. The Balaban J connectivity index is 2.09. The van der Waals surface area contributed by atoms with Gasteiger partial charge in [0.1, 0.15) is 31.0 Å². The Bertz CT molecular complexity index is 587. The van der Waals surface area contributed by atoms with Crippen LogP contribution >= 0.6 is 0 Å². The molecule has 0 aromatic heterocycles. The Labute approximate surface area is 209 Å². The van der Waals surface area contributed by atoms with Crippen molar-refractivity contribution in [1.82, 2.24) is 5.32 Å². The second kappa shape index (κ2) is 18.0. The summed E-state index contributed by atoms with van der Waals surface area (Å²) in [6.07, 6.45) is 5.45. The molecule has 206 valence electrons. The maximum atomic E-state index is 11.4. The SMILES string of the molecule is CC(C)[C@H](CCCCCCCCCCCCC(=O)NCC(=O)O)O[C@@H]1O[C@H](CO)[C@@H](O)[C@H](O)[C@H]1O. The third kappa shape index (κ3) is 13.0. The Morgan fingerprint density at radius 2 is 1.40 bits per heavy atom. The van der Waals surface area contributed by atoms with Gasteiger partial charge in [0.05, 0.1) is 12.7 Å². The van der Waals surface area contributed by atoms with E-state index in [0.29, 0.717) is 6.42 Å². The molecule has 0 unspecified atom stereocenters. The molecule has 0 aliphatic carbocycles. The molecule has 1 aliphatic rings. The number of carbonyl (C=O) groups excluding carboxylic acids is 1. The zero-order chi connectivity index (χ0) is 26.2. The fourth-order valence-electron chi connectivity index (χ4n) is 4.22. The van der Waals surface area contributed by atoms with Crippen molar-refractivity contribution in [3.05, 3.63) is 0 Å². The van der Waals surface area contributed by atoms with Crippen LogP contribution in [0.2, 0.25) is 0 Å². The number of amides is 1. The van der Waals surface area contributed by atoms with Gasteiger partial charge in [0.2, 0.25) is 5.91 Å². The van der Waals surface area contributed by atoms with Crippen LogP contribution in [-0.2, 0) is 19.1 Å². The highest BCUT2D eigenvalue weighted by atomic mass is 16.7. The monoisotopic (exact) mass is 505 g/mol. The smallest absolute Gasteiger partial charge is 0.322 e. The van der Waals surface area contributed by atoms with E-state index < -0.39 is 43.3 Å². The summed E-state index contributed by atoms with van der Waals surface area (Å²) >= 11 is 0. The van der Waals surface area contributed by atoms with Crippen LogP contribution in [0.25, 0.3) is 0 Å². The molecule has 0 spiro atoms. The predicted octanol–water partition coefficient (Wildman–Crippen LogP) is 1.71. The highest BCUT2D eigenvalue weighted by Crippen LogP contribution is 2.26. The number of ether oxygens (including phenoxy) is 2. The molecule has 1 heterocycles. The summed E-state index contributed by atoms with van der Waals surface area (Å²) in [5.41, 5.74) is 0. The summed E-state index contributed by atoms with van der Waals surface area (Å²) in [5, 5.41) is 50.3. The molecule has 1 amide bonds. The van der Waals surface area contributed by atoms with E-state index in [1.165, 1.54) is 12.8 Å². The summed E-state index contributed by atoms with van der Waals surface area (Å²) < 4.78 is 11.4. The molecule has 1 rings (SSSR count). The summed E-state index contributed by atoms with van der Waals surface area (Å²) in [4.78, 5) is 21.8. The number of aliphatic carboxylic acids is 1. The van der Waals surface area contributed by atoms with Gasteiger partial charge < -0.3 is 40.3 Å². The van der Waals surface area contributed by atoms with Crippen LogP contribution < -0.4 is 5.32 Å². The first-order chi connectivity index (χ1) is 16.7. The molecular weight excluding hydrogens is 458 g/mol. The van der Waals surface area contributed by atoms with Crippen LogP contribution in [0.5, 0.6) is 0 Å². The number of nitrogens with one attached hydrogen (secondary N) is 1. The second-order valence-corrected chi connectivity index (χ2v) is 9.86. The van der Waals surface area contributed by atoms with Crippen molar-refractivity contribution in [2.45, 2.75) is 128 Å². The molecule has 0 bridgehead atoms. The molecule has 10 heteroatoms. The van der Waals surface area contributed by atoms with Crippen molar-refractivity contribution in [2.75, 3.05) is 13.2 Å². The zero-order valence-electron chi connectivity index (χ0n) is 21.3. The quantitative estimate of drug-likeness (QED) is 0.143. The summed E-state index contributed by atoms with van der Waals surface area (Å²) in [7, 11) is 0. The largest absolute Gasteiger partial charge is 0.480 e. The molecule has 6 atom stereocenters. The van der Waals surface area contributed by atoms with E-state index in [9.17, 15) is 30.0 Å². The lowest BCUT2D eigenvalue weighted by Crippen LogP contribution is -2.59. The van der Waals surface area contributed by atoms with Gasteiger partial charge in [-0.15, -0.1) is 0 Å². The molecule has 0 radical (unpaired) electrons. The van der Waals surface area contributed by atoms with Crippen LogP contribution in [0.3, 0.4) is 0 Å². The van der Waals surface area contributed by atoms with Gasteiger partial charge in [-0.05, 0) is 18.8 Å². The molecule has 10 nitrogen and oxygen atoms in total. The number of carbonyl (C=O) groups is 2. The van der Waals surface area contributed by atoms with Crippen LogP contribution in [0.15, 0.2) is 0 Å². The topological polar surface area (TPSA) is 166 Å². The standard InChI is InChI=1S/C25H47NO9/c1-17(2)18(34-25-24(33)23(32)22(31)19(16-27)35-25)13-11-9-7-5-3-4-6-8-10-12-14-20(28)26-15-21(29)30/h17-19,22-25,27,31-33H,3-16H2,1-2H3,(H,26,28)(H,29,30)/t18-,19+,22+,23-,24+,25+/m0/s1. The van der Waals surface area contributed by atoms with E-state index >= 15 is 0 Å². The summed E-state index contributed by atoms with van der Waals surface area (Å²) in [6.45, 7) is 3.26. The van der Waals surface area contributed by atoms with Gasteiger partial charge >= 0.3 is 5.97 Å². The number of rotatable bonds is 19. The van der Waals surface area contributed by atoms with Gasteiger partial charge in [-0.25, -0.2) is 0 Å². The van der Waals surface area contributed by atoms with Crippen molar-refractivity contribution in [3.8, 4) is 0 Å². The highest BCUT2D eigenvalue weighted by Gasteiger charge is 2.44. The lowest BCUT2D eigenvalue weighted by Gasteiger charge is -2.41. The molecule has 35 heavy (non-hydrogen) atoms. The average molecular weight is 506 g/mol. The summed E-state index contributed by atoms with van der Waals surface area (Å²) in [5.74, 6) is -1.05. The number of aliphatic hydroxyl groups is 4. The molecular formula is C25H47NO9. The number of hydrogen-bond donors (Lipinski definition) is 6. The number of carboxylic acid groups (broad SMARTS) is 1. The maximum Gasteiger partial charge on any atom is 0.322 e. The third-order valence-electron chi connectivity index (χ3n) is 6.48. The van der Waals surface area contributed by atoms with Crippen molar-refractivity contribution in [3.63, 3.8) is 0 Å². The van der Waals surface area contributed by atoms with E-state index in [-0.39, 0.29) is 24.5 Å². The van der Waals surface area contributed by atoms with Crippen LogP contribution in [0, 0.1) is 5.92 Å². The molecule has 1 saturated heterocycles. The van der Waals surface area contributed by atoms with Crippen molar-refractivity contribution in [1.29, 1.82) is 0 Å². The fourth-order valence-corrected chi connectivity index (χ4v) is 4.22. The number of hydrogen-bond acceptors (Lipinski definition) is 8. The third-order valence-corrected chi connectivity index (χ3v) is 6.48. The van der Waals surface area contributed by atoms with Gasteiger partial charge in [-0.1, -0.05) is 71.6 Å². The van der Waals surface area contributed by atoms with E-state index in [1.807, 2.05) is 13.8 Å². The number of unbranched alkanes of at least 4 members (excludes halogenated alkanes) is 9. The normalized spacial score (nSPS) is 25.5. The molecule has 1 aliphatic heterocycles. The van der Waals surface area contributed by atoms with Gasteiger partial charge in [-0.2, -0.15) is 0 Å². The van der Waals surface area contributed by atoms with E-state index in [2.05, 4.69) is 5.32 Å². The number of aliphatic hydroxyl groups excluding tert-OH is 4. The Morgan fingerprint density at radius 1 is 0.857 bits per heavy atom. The van der Waals surface area contributed by atoms with Crippen molar-refractivity contribution in [2.24, 2.45) is 5.92 Å². The average Bonchev–Trinajstić information content (AvgIpc) is 2.82. The van der Waals surface area contributed by atoms with Crippen LogP contribution in [-0.4, -0.2) is 87.4 Å². The summed E-state index contributed by atoms with van der Waals surface area (Å²) in [6, 6.07) is 0. The minimum atomic E-state index is -1.43. The minimum absolute atomic E-state index is 0.164. The van der Waals surface area contributed by atoms with Gasteiger partial charge in [-0.3, -0.25) is 9.59 Å². The van der Waals surface area contributed by atoms with Gasteiger partial charge in [0, 0.05) is 6.42 Å².